The van der Waals surface area contributed by atoms with Crippen molar-refractivity contribution in [3.8, 4) is 5.75 Å². The Bertz CT molecular complexity index is 430. The SMILES string of the molecule is O=C(O)C(O)Cc1ccc([N+](=O)[O-])c(O)c1. The van der Waals surface area contributed by atoms with Gasteiger partial charge in [0, 0.05) is 12.5 Å². The Hall–Kier alpha value is -2.15. The molecule has 3 N–H and O–H groups in total. The third-order valence-corrected chi connectivity index (χ3v) is 1.95. The maximum atomic E-state index is 10.4. The molecule has 16 heavy (non-hydrogen) atoms. The van der Waals surface area contributed by atoms with E-state index in [9.17, 15) is 20.0 Å². The number of carboxylic acid groups (broad SMARTS) is 1. The van der Waals surface area contributed by atoms with Crippen LogP contribution in [0.5, 0.6) is 5.75 Å². The molecule has 0 aromatic heterocycles. The van der Waals surface area contributed by atoms with Crippen molar-refractivity contribution in [3.05, 3.63) is 33.9 Å². The van der Waals surface area contributed by atoms with Gasteiger partial charge >= 0.3 is 11.7 Å². The smallest absolute Gasteiger partial charge is 0.332 e. The Balaban J connectivity index is 2.89. The first-order valence-electron chi connectivity index (χ1n) is 4.29. The molecule has 1 atom stereocenters. The molecule has 1 aromatic carbocycles. The third kappa shape index (κ3) is 2.67. The molecule has 0 radical (unpaired) electrons. The summed E-state index contributed by atoms with van der Waals surface area (Å²) in [7, 11) is 0. The van der Waals surface area contributed by atoms with Crippen LogP contribution in [0.4, 0.5) is 5.69 Å². The number of aromatic hydroxyl groups is 1. The van der Waals surface area contributed by atoms with Crippen LogP contribution in [0.25, 0.3) is 0 Å². The number of benzene rings is 1. The number of phenolic OH excluding ortho intramolecular Hbond substituents is 1. The van der Waals surface area contributed by atoms with Crippen molar-refractivity contribution in [2.24, 2.45) is 0 Å². The van der Waals surface area contributed by atoms with Crippen LogP contribution in [0.1, 0.15) is 5.56 Å². The van der Waals surface area contributed by atoms with Crippen molar-refractivity contribution in [2.75, 3.05) is 0 Å². The number of nitrogens with zero attached hydrogens (tertiary/aromatic N) is 1. The maximum Gasteiger partial charge on any atom is 0.332 e. The van der Waals surface area contributed by atoms with E-state index in [0.29, 0.717) is 5.56 Å². The minimum absolute atomic E-state index is 0.221. The van der Waals surface area contributed by atoms with Gasteiger partial charge in [-0.3, -0.25) is 10.1 Å². The molecule has 0 saturated carbocycles. The second-order valence-corrected chi connectivity index (χ2v) is 3.14. The van der Waals surface area contributed by atoms with Crippen molar-refractivity contribution in [3.63, 3.8) is 0 Å². The predicted molar refractivity (Wildman–Crippen MR) is 52.1 cm³/mol. The summed E-state index contributed by atoms with van der Waals surface area (Å²) in [5, 5.41) is 37.1. The molecule has 0 saturated heterocycles. The molecule has 0 bridgehead atoms. The fourth-order valence-electron chi connectivity index (χ4n) is 1.16. The summed E-state index contributed by atoms with van der Waals surface area (Å²) < 4.78 is 0. The van der Waals surface area contributed by atoms with Crippen LogP contribution >= 0.6 is 0 Å². The highest BCUT2D eigenvalue weighted by Crippen LogP contribution is 2.26. The van der Waals surface area contributed by atoms with E-state index in [0.717, 1.165) is 12.1 Å². The van der Waals surface area contributed by atoms with Gasteiger partial charge in [0.25, 0.3) is 0 Å². The molecule has 0 aliphatic heterocycles. The number of carbonyl (C=O) groups is 1. The van der Waals surface area contributed by atoms with E-state index in [4.69, 9.17) is 10.2 Å². The Morgan fingerprint density at radius 3 is 2.56 bits per heavy atom. The number of nitro groups is 1. The number of carboxylic acids is 1. The molecule has 86 valence electrons. The Morgan fingerprint density at radius 2 is 2.12 bits per heavy atom. The largest absolute Gasteiger partial charge is 0.502 e. The quantitative estimate of drug-likeness (QED) is 0.502. The molecular formula is C9H9NO6. The molecule has 0 fully saturated rings. The summed E-state index contributed by atoms with van der Waals surface area (Å²) in [6.07, 6.45) is -1.82. The van der Waals surface area contributed by atoms with Gasteiger partial charge < -0.3 is 15.3 Å². The second-order valence-electron chi connectivity index (χ2n) is 3.14. The number of hydrogen-bond acceptors (Lipinski definition) is 5. The third-order valence-electron chi connectivity index (χ3n) is 1.95. The fraction of sp³-hybridized carbons (Fsp3) is 0.222. The number of phenols is 1. The summed E-state index contributed by atoms with van der Waals surface area (Å²) in [6, 6.07) is 3.40. The first-order valence-corrected chi connectivity index (χ1v) is 4.29. The van der Waals surface area contributed by atoms with Crippen LogP contribution < -0.4 is 0 Å². The van der Waals surface area contributed by atoms with E-state index in [1.54, 1.807) is 0 Å². The molecule has 7 heteroatoms. The van der Waals surface area contributed by atoms with Gasteiger partial charge in [-0.15, -0.1) is 0 Å². The van der Waals surface area contributed by atoms with Gasteiger partial charge in [0.15, 0.2) is 11.9 Å². The van der Waals surface area contributed by atoms with Gasteiger partial charge in [0.05, 0.1) is 4.92 Å². The zero-order valence-corrected chi connectivity index (χ0v) is 8.03. The molecule has 7 nitrogen and oxygen atoms in total. The van der Waals surface area contributed by atoms with E-state index in [1.807, 2.05) is 0 Å². The molecular weight excluding hydrogens is 218 g/mol. The summed E-state index contributed by atoms with van der Waals surface area (Å²) in [5.74, 6) is -1.95. The number of aliphatic carboxylic acids is 1. The standard InChI is InChI=1S/C9H9NO6/c11-7-3-5(4-8(12)9(13)14)1-2-6(7)10(15)16/h1-3,8,11-12H,4H2,(H,13,14). The average molecular weight is 227 g/mol. The van der Waals surface area contributed by atoms with Crippen LogP contribution in [-0.2, 0) is 11.2 Å². The molecule has 0 aliphatic carbocycles. The highest BCUT2D eigenvalue weighted by atomic mass is 16.6. The minimum atomic E-state index is -1.60. The highest BCUT2D eigenvalue weighted by Gasteiger charge is 2.17. The zero-order chi connectivity index (χ0) is 12.3. The molecule has 1 unspecified atom stereocenters. The molecule has 0 amide bonds. The van der Waals surface area contributed by atoms with Crippen molar-refractivity contribution in [2.45, 2.75) is 12.5 Å². The molecule has 1 aromatic rings. The molecule has 0 spiro atoms. The zero-order valence-electron chi connectivity index (χ0n) is 8.03. The number of rotatable bonds is 4. The van der Waals surface area contributed by atoms with Gasteiger partial charge in [0.1, 0.15) is 0 Å². The first kappa shape index (κ1) is 11.9. The van der Waals surface area contributed by atoms with E-state index in [-0.39, 0.29) is 6.42 Å². The lowest BCUT2D eigenvalue weighted by molar-refractivity contribution is -0.385. The van der Waals surface area contributed by atoms with Gasteiger partial charge in [-0.1, -0.05) is 6.07 Å². The van der Waals surface area contributed by atoms with Gasteiger partial charge in [-0.2, -0.15) is 0 Å². The van der Waals surface area contributed by atoms with Crippen molar-refractivity contribution in [1.29, 1.82) is 0 Å². The molecule has 1 rings (SSSR count). The highest BCUT2D eigenvalue weighted by molar-refractivity contribution is 5.72. The fourth-order valence-corrected chi connectivity index (χ4v) is 1.16. The number of hydrogen-bond donors (Lipinski definition) is 3. The second kappa shape index (κ2) is 4.58. The van der Waals surface area contributed by atoms with Crippen molar-refractivity contribution >= 4 is 11.7 Å². The van der Waals surface area contributed by atoms with E-state index in [2.05, 4.69) is 0 Å². The Morgan fingerprint density at radius 1 is 1.50 bits per heavy atom. The maximum absolute atomic E-state index is 10.4. The Kier molecular flexibility index (Phi) is 3.41. The average Bonchev–Trinajstić information content (AvgIpc) is 2.16. The van der Waals surface area contributed by atoms with Gasteiger partial charge in [-0.05, 0) is 11.6 Å². The molecule has 0 aliphatic rings. The number of aliphatic hydroxyl groups is 1. The van der Waals surface area contributed by atoms with E-state index in [1.165, 1.54) is 6.07 Å². The summed E-state index contributed by atoms with van der Waals surface area (Å²) >= 11 is 0. The van der Waals surface area contributed by atoms with Crippen LogP contribution in [0.2, 0.25) is 0 Å². The van der Waals surface area contributed by atoms with E-state index >= 15 is 0 Å². The summed E-state index contributed by atoms with van der Waals surface area (Å²) in [6.45, 7) is 0. The lowest BCUT2D eigenvalue weighted by Gasteiger charge is -2.05. The molecule has 0 heterocycles. The van der Waals surface area contributed by atoms with Gasteiger partial charge in [0.2, 0.25) is 0 Å². The lowest BCUT2D eigenvalue weighted by Crippen LogP contribution is -2.21. The normalized spacial score (nSPS) is 12.1. The predicted octanol–water partition coefficient (Wildman–Crippen LogP) is 0.288. The van der Waals surface area contributed by atoms with E-state index < -0.39 is 28.4 Å². The minimum Gasteiger partial charge on any atom is -0.502 e. The van der Waals surface area contributed by atoms with Crippen LogP contribution in [0.15, 0.2) is 18.2 Å². The first-order chi connectivity index (χ1) is 7.41. The lowest BCUT2D eigenvalue weighted by atomic mass is 10.1. The summed E-state index contributed by atoms with van der Waals surface area (Å²) in [5.41, 5.74) is -0.161. The van der Waals surface area contributed by atoms with Crippen molar-refractivity contribution < 1.29 is 25.0 Å². The van der Waals surface area contributed by atoms with Crippen LogP contribution in [0, 0.1) is 10.1 Å². The van der Waals surface area contributed by atoms with Crippen molar-refractivity contribution in [1.82, 2.24) is 0 Å². The topological polar surface area (TPSA) is 121 Å². The number of nitro benzene ring substituents is 1. The van der Waals surface area contributed by atoms with Crippen LogP contribution in [-0.4, -0.2) is 32.3 Å². The van der Waals surface area contributed by atoms with Crippen LogP contribution in [0.3, 0.4) is 0 Å². The van der Waals surface area contributed by atoms with Gasteiger partial charge in [-0.25, -0.2) is 4.79 Å². The Labute approximate surface area is 89.7 Å². The monoisotopic (exact) mass is 227 g/mol. The summed E-state index contributed by atoms with van der Waals surface area (Å²) in [4.78, 5) is 20.0. The number of aliphatic hydroxyl groups excluding tert-OH is 1.